The number of aromatic nitrogens is 2. The molecule has 0 saturated heterocycles. The molecule has 0 atom stereocenters. The number of aliphatic hydroxyl groups excluding tert-OH is 1. The van der Waals surface area contributed by atoms with Crippen molar-refractivity contribution < 1.29 is 14.6 Å². The summed E-state index contributed by atoms with van der Waals surface area (Å²) in [7, 11) is 1.58. The van der Waals surface area contributed by atoms with Gasteiger partial charge >= 0.3 is 0 Å². The van der Waals surface area contributed by atoms with Crippen LogP contribution in [0.3, 0.4) is 0 Å². The number of nitrogens with zero attached hydrogens (tertiary/aromatic N) is 2. The van der Waals surface area contributed by atoms with Gasteiger partial charge in [0, 0.05) is 18.7 Å². The summed E-state index contributed by atoms with van der Waals surface area (Å²) in [6.45, 7) is 0.511. The molecule has 106 valence electrons. The van der Waals surface area contributed by atoms with E-state index in [2.05, 4.69) is 5.10 Å². The van der Waals surface area contributed by atoms with Crippen molar-refractivity contribution in [3.05, 3.63) is 29.8 Å². The van der Waals surface area contributed by atoms with Crippen LogP contribution >= 0.6 is 0 Å². The zero-order valence-corrected chi connectivity index (χ0v) is 11.2. The number of nitrogen functional groups attached to an aromatic ring is 1. The summed E-state index contributed by atoms with van der Waals surface area (Å²) in [6.07, 6.45) is 1.23. The molecule has 0 bridgehead atoms. The summed E-state index contributed by atoms with van der Waals surface area (Å²) in [5.74, 6) is 0.995. The number of benzene rings is 1. The Kier molecular flexibility index (Phi) is 4.37. The fraction of sp³-hybridized carbons (Fsp3) is 0.286. The maximum absolute atomic E-state index is 11.2. The van der Waals surface area contributed by atoms with Gasteiger partial charge in [-0.2, -0.15) is 5.10 Å². The molecule has 1 aromatic carbocycles. The quantitative estimate of drug-likeness (QED) is 0.776. The summed E-state index contributed by atoms with van der Waals surface area (Å²) in [6, 6.07) is 7.28. The Balaban J connectivity index is 2.46. The molecule has 1 aromatic heterocycles. The molecule has 0 unspecified atom stereocenters. The smallest absolute Gasteiger partial charge is 0.156 e. The van der Waals surface area contributed by atoms with E-state index >= 15 is 0 Å². The Morgan fingerprint density at radius 3 is 2.95 bits per heavy atom. The van der Waals surface area contributed by atoms with E-state index in [-0.39, 0.29) is 6.61 Å². The van der Waals surface area contributed by atoms with Crippen molar-refractivity contribution in [1.82, 2.24) is 9.78 Å². The number of anilines is 1. The number of methoxy groups -OCH3 is 1. The molecule has 0 fully saturated rings. The van der Waals surface area contributed by atoms with Gasteiger partial charge in [-0.15, -0.1) is 0 Å². The Hall–Kier alpha value is -2.34. The number of ether oxygens (including phenoxy) is 1. The lowest BCUT2D eigenvalue weighted by Crippen LogP contribution is -2.06. The molecule has 2 aromatic rings. The molecule has 0 radical (unpaired) electrons. The van der Waals surface area contributed by atoms with Crippen LogP contribution in [0.4, 0.5) is 5.82 Å². The van der Waals surface area contributed by atoms with Gasteiger partial charge in [-0.25, -0.2) is 4.68 Å². The summed E-state index contributed by atoms with van der Waals surface area (Å²) in [4.78, 5) is 11.2. The van der Waals surface area contributed by atoms with Crippen molar-refractivity contribution in [2.24, 2.45) is 0 Å². The number of hydrogen-bond acceptors (Lipinski definition) is 5. The van der Waals surface area contributed by atoms with Crippen LogP contribution in [0.5, 0.6) is 5.75 Å². The lowest BCUT2D eigenvalue weighted by atomic mass is 10.1. The Bertz CT molecular complexity index is 608. The van der Waals surface area contributed by atoms with E-state index in [9.17, 15) is 4.79 Å². The van der Waals surface area contributed by atoms with Gasteiger partial charge in [0.25, 0.3) is 0 Å². The van der Waals surface area contributed by atoms with E-state index in [1.54, 1.807) is 13.2 Å². The molecule has 20 heavy (non-hydrogen) atoms. The van der Waals surface area contributed by atoms with Gasteiger partial charge in [-0.3, -0.25) is 4.79 Å². The third-order valence-corrected chi connectivity index (χ3v) is 3.02. The minimum absolute atomic E-state index is 0.0458. The molecular formula is C14H17N3O3. The highest BCUT2D eigenvalue weighted by Crippen LogP contribution is 2.28. The van der Waals surface area contributed by atoms with Crippen LogP contribution in [-0.2, 0) is 6.54 Å². The van der Waals surface area contributed by atoms with E-state index < -0.39 is 0 Å². The maximum atomic E-state index is 11.2. The largest absolute Gasteiger partial charge is 0.497 e. The number of carbonyl (C=O) groups excluding carboxylic acids is 1. The minimum atomic E-state index is 0.0458. The van der Waals surface area contributed by atoms with Crippen molar-refractivity contribution in [3.8, 4) is 17.0 Å². The monoisotopic (exact) mass is 275 g/mol. The van der Waals surface area contributed by atoms with Crippen LogP contribution in [0.2, 0.25) is 0 Å². The van der Waals surface area contributed by atoms with E-state index in [4.69, 9.17) is 15.6 Å². The number of rotatable bonds is 6. The first-order valence-corrected chi connectivity index (χ1v) is 6.28. The maximum Gasteiger partial charge on any atom is 0.156 e. The highest BCUT2D eigenvalue weighted by molar-refractivity contribution is 5.91. The highest BCUT2D eigenvalue weighted by Gasteiger charge is 2.16. The molecule has 1 heterocycles. The van der Waals surface area contributed by atoms with Crippen molar-refractivity contribution in [1.29, 1.82) is 0 Å². The number of aliphatic hydroxyl groups is 1. The first-order chi connectivity index (χ1) is 9.71. The second-order valence-corrected chi connectivity index (χ2v) is 4.30. The van der Waals surface area contributed by atoms with Crippen LogP contribution in [0, 0.1) is 0 Å². The molecule has 0 aliphatic rings. The number of aryl methyl sites for hydroxylation is 1. The zero-order chi connectivity index (χ0) is 14.5. The minimum Gasteiger partial charge on any atom is -0.497 e. The summed E-state index contributed by atoms with van der Waals surface area (Å²) in [5.41, 5.74) is 7.56. The predicted octanol–water partition coefficient (Wildman–Crippen LogP) is 1.34. The molecule has 0 spiro atoms. The Morgan fingerprint density at radius 1 is 1.50 bits per heavy atom. The van der Waals surface area contributed by atoms with Gasteiger partial charge in [0.2, 0.25) is 0 Å². The molecule has 0 aliphatic carbocycles. The van der Waals surface area contributed by atoms with Gasteiger partial charge in [-0.05, 0) is 18.6 Å². The van der Waals surface area contributed by atoms with E-state index in [1.165, 1.54) is 4.68 Å². The summed E-state index contributed by atoms with van der Waals surface area (Å²) in [5, 5.41) is 13.2. The van der Waals surface area contributed by atoms with Gasteiger partial charge in [-0.1, -0.05) is 12.1 Å². The molecule has 0 aliphatic heterocycles. The summed E-state index contributed by atoms with van der Waals surface area (Å²) < 4.78 is 6.70. The SMILES string of the molecule is COc1cccc(-c2nn(CCCO)c(N)c2C=O)c1. The number of carbonyl (C=O) groups is 1. The third kappa shape index (κ3) is 2.65. The van der Waals surface area contributed by atoms with Crippen LogP contribution in [-0.4, -0.2) is 34.9 Å². The van der Waals surface area contributed by atoms with Crippen molar-refractivity contribution in [3.63, 3.8) is 0 Å². The van der Waals surface area contributed by atoms with Crippen molar-refractivity contribution >= 4 is 12.1 Å². The Labute approximate surface area is 116 Å². The third-order valence-electron chi connectivity index (χ3n) is 3.02. The average Bonchev–Trinajstić information content (AvgIpc) is 2.81. The van der Waals surface area contributed by atoms with E-state index in [1.807, 2.05) is 18.2 Å². The van der Waals surface area contributed by atoms with Crippen LogP contribution in [0.15, 0.2) is 24.3 Å². The molecule has 2 rings (SSSR count). The first kappa shape index (κ1) is 14.1. The topological polar surface area (TPSA) is 90.4 Å². The second-order valence-electron chi connectivity index (χ2n) is 4.30. The van der Waals surface area contributed by atoms with E-state index in [0.717, 1.165) is 5.56 Å². The Morgan fingerprint density at radius 2 is 2.30 bits per heavy atom. The fourth-order valence-corrected chi connectivity index (χ4v) is 1.98. The molecule has 0 amide bonds. The second kappa shape index (κ2) is 6.21. The number of hydrogen-bond donors (Lipinski definition) is 2. The van der Waals surface area contributed by atoms with Crippen molar-refractivity contribution in [2.75, 3.05) is 19.5 Å². The van der Waals surface area contributed by atoms with Crippen molar-refractivity contribution in [2.45, 2.75) is 13.0 Å². The van der Waals surface area contributed by atoms with Gasteiger partial charge in [0.15, 0.2) is 6.29 Å². The van der Waals surface area contributed by atoms with Gasteiger partial charge in [0.1, 0.15) is 17.3 Å². The predicted molar refractivity (Wildman–Crippen MR) is 75.7 cm³/mol. The fourth-order valence-electron chi connectivity index (χ4n) is 1.98. The normalized spacial score (nSPS) is 10.5. The highest BCUT2D eigenvalue weighted by atomic mass is 16.5. The first-order valence-electron chi connectivity index (χ1n) is 6.28. The molecular weight excluding hydrogens is 258 g/mol. The molecule has 6 nitrogen and oxygen atoms in total. The van der Waals surface area contributed by atoms with Gasteiger partial charge < -0.3 is 15.6 Å². The standard InChI is InChI=1S/C14H17N3O3/c1-20-11-5-2-4-10(8-11)13-12(9-19)14(15)17(16-13)6-3-7-18/h2,4-5,8-9,18H,3,6-7,15H2,1H3. The molecule has 6 heteroatoms. The number of nitrogens with two attached hydrogens (primary N) is 1. The average molecular weight is 275 g/mol. The molecule has 3 N–H and O–H groups in total. The van der Waals surface area contributed by atoms with Crippen LogP contribution in [0.1, 0.15) is 16.8 Å². The lowest BCUT2D eigenvalue weighted by molar-refractivity contribution is 0.112. The number of aldehydes is 1. The van der Waals surface area contributed by atoms with Crippen LogP contribution in [0.25, 0.3) is 11.3 Å². The molecule has 0 saturated carbocycles. The lowest BCUT2D eigenvalue weighted by Gasteiger charge is -2.02. The summed E-state index contributed by atoms with van der Waals surface area (Å²) >= 11 is 0. The van der Waals surface area contributed by atoms with Gasteiger partial charge in [0.05, 0.1) is 12.7 Å². The zero-order valence-electron chi connectivity index (χ0n) is 11.2. The van der Waals surface area contributed by atoms with Crippen LogP contribution < -0.4 is 10.5 Å². The van der Waals surface area contributed by atoms with E-state index in [0.29, 0.717) is 42.1 Å².